The van der Waals surface area contributed by atoms with Crippen LogP contribution in [0.5, 0.6) is 11.5 Å². The lowest BCUT2D eigenvalue weighted by Gasteiger charge is -2.12. The van der Waals surface area contributed by atoms with Gasteiger partial charge in [0.1, 0.15) is 49.3 Å². The molecule has 8 nitrogen and oxygen atoms in total. The van der Waals surface area contributed by atoms with Gasteiger partial charge in [0.15, 0.2) is 0 Å². The average molecular weight is 336 g/mol. The summed E-state index contributed by atoms with van der Waals surface area (Å²) in [5.74, 6) is -1.07. The molecule has 0 aliphatic carbocycles. The van der Waals surface area contributed by atoms with E-state index in [1.54, 1.807) is 12.1 Å². The van der Waals surface area contributed by atoms with Crippen molar-refractivity contribution in [1.82, 2.24) is 0 Å². The van der Waals surface area contributed by atoms with Crippen molar-refractivity contribution in [2.24, 2.45) is 0 Å². The maximum absolute atomic E-state index is 11.7. The highest BCUT2D eigenvalue weighted by Gasteiger charge is 2.15. The molecule has 0 aliphatic rings. The van der Waals surface area contributed by atoms with Gasteiger partial charge in [-0.15, -0.1) is 0 Å². The lowest BCUT2D eigenvalue weighted by molar-refractivity contribution is 0.0124. The number of rotatable bonds is 7. The summed E-state index contributed by atoms with van der Waals surface area (Å²) in [4.78, 5) is 23.4. The Kier molecular flexibility index (Phi) is 5.94. The summed E-state index contributed by atoms with van der Waals surface area (Å²) in [5, 5.41) is 28.1. The van der Waals surface area contributed by atoms with Crippen LogP contribution in [0.25, 0.3) is 0 Å². The third-order valence-electron chi connectivity index (χ3n) is 2.97. The first-order chi connectivity index (χ1) is 11.5. The molecule has 0 spiro atoms. The molecule has 24 heavy (non-hydrogen) atoms. The number of carbonyl (C=O) groups excluding carboxylic acids is 1. The van der Waals surface area contributed by atoms with E-state index in [1.807, 2.05) is 0 Å². The number of aliphatic hydroxyl groups excluding tert-OH is 2. The molecule has 0 aliphatic heterocycles. The predicted octanol–water partition coefficient (Wildman–Crippen LogP) is 0.434. The molecule has 2 aromatic rings. The number of hydrogen-bond donors (Lipinski definition) is 3. The van der Waals surface area contributed by atoms with Crippen LogP contribution in [0.4, 0.5) is 0 Å². The van der Waals surface area contributed by atoms with Gasteiger partial charge in [-0.2, -0.15) is 0 Å². The number of aromatic hydroxyl groups is 1. The Morgan fingerprint density at radius 3 is 2.67 bits per heavy atom. The third-order valence-corrected chi connectivity index (χ3v) is 2.97. The Labute approximate surface area is 136 Å². The maximum atomic E-state index is 11.7. The van der Waals surface area contributed by atoms with E-state index < -0.39 is 24.1 Å². The quantitative estimate of drug-likeness (QED) is 0.622. The minimum absolute atomic E-state index is 0.0224. The van der Waals surface area contributed by atoms with Crippen LogP contribution in [-0.4, -0.2) is 40.6 Å². The van der Waals surface area contributed by atoms with Gasteiger partial charge in [0.2, 0.25) is 11.2 Å². The van der Waals surface area contributed by atoms with E-state index in [2.05, 4.69) is 0 Å². The van der Waals surface area contributed by atoms with Gasteiger partial charge in [-0.1, -0.05) is 12.1 Å². The number of benzene rings is 1. The first-order valence-corrected chi connectivity index (χ1v) is 7.00. The molecular weight excluding hydrogens is 320 g/mol. The van der Waals surface area contributed by atoms with Crippen LogP contribution in [-0.2, 0) is 11.3 Å². The summed E-state index contributed by atoms with van der Waals surface area (Å²) in [6.07, 6.45) is -0.161. The molecular formula is C16H16O8. The van der Waals surface area contributed by atoms with Crippen molar-refractivity contribution < 1.29 is 34.0 Å². The van der Waals surface area contributed by atoms with Crippen LogP contribution in [0.1, 0.15) is 16.1 Å². The molecule has 0 fully saturated rings. The van der Waals surface area contributed by atoms with E-state index in [0.717, 1.165) is 12.3 Å². The summed E-state index contributed by atoms with van der Waals surface area (Å²) in [5.41, 5.74) is -0.533. The van der Waals surface area contributed by atoms with Gasteiger partial charge in [0.25, 0.3) is 0 Å². The molecule has 0 saturated carbocycles. The van der Waals surface area contributed by atoms with Crippen molar-refractivity contribution in [1.29, 1.82) is 0 Å². The summed E-state index contributed by atoms with van der Waals surface area (Å²) >= 11 is 0. The molecule has 1 aromatic carbocycles. The highest BCUT2D eigenvalue weighted by molar-refractivity contribution is 5.92. The highest BCUT2D eigenvalue weighted by atomic mass is 16.5. The predicted molar refractivity (Wildman–Crippen MR) is 80.8 cm³/mol. The number of carbonyl (C=O) groups is 1. The van der Waals surface area contributed by atoms with E-state index in [0.29, 0.717) is 0 Å². The van der Waals surface area contributed by atoms with Gasteiger partial charge in [-0.05, 0) is 12.1 Å². The largest absolute Gasteiger partial charge is 0.507 e. The van der Waals surface area contributed by atoms with E-state index >= 15 is 0 Å². The molecule has 1 heterocycles. The van der Waals surface area contributed by atoms with Crippen LogP contribution in [0, 0.1) is 0 Å². The highest BCUT2D eigenvalue weighted by Crippen LogP contribution is 2.16. The molecule has 0 amide bonds. The lowest BCUT2D eigenvalue weighted by Crippen LogP contribution is -2.26. The molecule has 3 N–H and O–H groups in total. The van der Waals surface area contributed by atoms with Gasteiger partial charge >= 0.3 is 5.97 Å². The number of para-hydroxylation sites is 1. The van der Waals surface area contributed by atoms with Crippen molar-refractivity contribution >= 4 is 5.97 Å². The minimum atomic E-state index is -1.18. The molecule has 1 atom stereocenters. The average Bonchev–Trinajstić information content (AvgIpc) is 2.58. The van der Waals surface area contributed by atoms with Crippen molar-refractivity contribution in [3.8, 4) is 11.5 Å². The van der Waals surface area contributed by atoms with Crippen LogP contribution in [0.2, 0.25) is 0 Å². The Balaban J connectivity index is 1.83. The standard InChI is InChI=1S/C16H16O8/c17-6-11-5-14(20)15(9-22-11)23-7-10(18)8-24-16(21)12-3-1-2-4-13(12)19/h1-5,9-10,17-19H,6-8H2. The topological polar surface area (TPSA) is 126 Å². The minimum Gasteiger partial charge on any atom is -0.507 e. The maximum Gasteiger partial charge on any atom is 0.342 e. The molecule has 0 radical (unpaired) electrons. The molecule has 128 valence electrons. The number of hydrogen-bond acceptors (Lipinski definition) is 8. The molecule has 2 rings (SSSR count). The van der Waals surface area contributed by atoms with E-state index in [4.69, 9.17) is 19.0 Å². The normalized spacial score (nSPS) is 11.8. The Morgan fingerprint density at radius 2 is 2.00 bits per heavy atom. The Bertz CT molecular complexity index is 752. The van der Waals surface area contributed by atoms with Crippen molar-refractivity contribution in [2.45, 2.75) is 12.7 Å². The lowest BCUT2D eigenvalue weighted by atomic mass is 10.2. The van der Waals surface area contributed by atoms with Crippen LogP contribution < -0.4 is 10.2 Å². The van der Waals surface area contributed by atoms with Crippen molar-refractivity contribution in [2.75, 3.05) is 13.2 Å². The fourth-order valence-electron chi connectivity index (χ4n) is 1.76. The second kappa shape index (κ2) is 8.14. The summed E-state index contributed by atoms with van der Waals surface area (Å²) in [7, 11) is 0. The number of phenolic OH excluding ortho intramolecular Hbond substituents is 1. The van der Waals surface area contributed by atoms with Crippen LogP contribution in [0.15, 0.2) is 45.8 Å². The number of esters is 1. The summed E-state index contributed by atoms with van der Waals surface area (Å²) in [6.45, 7) is -1.11. The van der Waals surface area contributed by atoms with Crippen LogP contribution in [0.3, 0.4) is 0 Å². The Morgan fingerprint density at radius 1 is 1.25 bits per heavy atom. The molecule has 0 bridgehead atoms. The van der Waals surface area contributed by atoms with Gasteiger partial charge in [0.05, 0.1) is 0 Å². The van der Waals surface area contributed by atoms with Gasteiger partial charge < -0.3 is 29.2 Å². The first-order valence-electron chi connectivity index (χ1n) is 7.00. The number of ether oxygens (including phenoxy) is 2. The molecule has 8 heteroatoms. The van der Waals surface area contributed by atoms with Crippen molar-refractivity contribution in [3.05, 3.63) is 58.1 Å². The fraction of sp³-hybridized carbons (Fsp3) is 0.250. The second-order valence-electron chi connectivity index (χ2n) is 4.81. The number of phenols is 1. The second-order valence-corrected chi connectivity index (χ2v) is 4.81. The third kappa shape index (κ3) is 4.58. The molecule has 1 unspecified atom stereocenters. The van der Waals surface area contributed by atoms with E-state index in [9.17, 15) is 19.8 Å². The SMILES string of the molecule is O=C(OCC(O)COc1coc(CO)cc1=O)c1ccccc1O. The molecule has 1 aromatic heterocycles. The summed E-state index contributed by atoms with van der Waals surface area (Å²) in [6, 6.07) is 6.91. The zero-order valence-corrected chi connectivity index (χ0v) is 12.5. The van der Waals surface area contributed by atoms with Gasteiger partial charge in [-0.25, -0.2) is 4.79 Å². The zero-order valence-electron chi connectivity index (χ0n) is 12.5. The zero-order chi connectivity index (χ0) is 17.5. The van der Waals surface area contributed by atoms with Gasteiger partial charge in [0, 0.05) is 6.07 Å². The first kappa shape index (κ1) is 17.5. The number of aliphatic hydroxyl groups is 2. The van der Waals surface area contributed by atoms with E-state index in [1.165, 1.54) is 12.1 Å². The smallest absolute Gasteiger partial charge is 0.342 e. The summed E-state index contributed by atoms with van der Waals surface area (Å²) < 4.78 is 14.9. The Hall–Kier alpha value is -2.84. The fourth-order valence-corrected chi connectivity index (χ4v) is 1.76. The monoisotopic (exact) mass is 336 g/mol. The van der Waals surface area contributed by atoms with E-state index in [-0.39, 0.29) is 36.0 Å². The van der Waals surface area contributed by atoms with Crippen molar-refractivity contribution in [3.63, 3.8) is 0 Å². The van der Waals surface area contributed by atoms with Gasteiger partial charge in [-0.3, -0.25) is 4.79 Å². The molecule has 0 saturated heterocycles. The van der Waals surface area contributed by atoms with Crippen LogP contribution >= 0.6 is 0 Å².